The predicted molar refractivity (Wildman–Crippen MR) is 152 cm³/mol. The van der Waals surface area contributed by atoms with E-state index >= 15 is 0 Å². The van der Waals surface area contributed by atoms with Crippen molar-refractivity contribution in [3.8, 4) is 5.75 Å². The second-order valence-electron chi connectivity index (χ2n) is 9.45. The molecule has 0 radical (unpaired) electrons. The molecule has 0 atom stereocenters. The Bertz CT molecular complexity index is 1330. The molecule has 10 heteroatoms. The molecule has 5 rings (SSSR count). The Morgan fingerprint density at radius 2 is 1.74 bits per heavy atom. The number of hydrogen-bond acceptors (Lipinski definition) is 7. The van der Waals surface area contributed by atoms with Gasteiger partial charge in [-0.2, -0.15) is 0 Å². The van der Waals surface area contributed by atoms with E-state index in [2.05, 4.69) is 39.4 Å². The number of anilines is 1. The second-order valence-corrected chi connectivity index (χ2v) is 10.4. The Hall–Kier alpha value is -3.89. The van der Waals surface area contributed by atoms with Crippen LogP contribution in [0.25, 0.3) is 10.1 Å². The van der Waals surface area contributed by atoms with Crippen molar-refractivity contribution in [1.29, 1.82) is 0 Å². The van der Waals surface area contributed by atoms with Crippen molar-refractivity contribution >= 4 is 45.0 Å². The van der Waals surface area contributed by atoms with Crippen molar-refractivity contribution < 1.29 is 29.3 Å². The first-order valence-corrected chi connectivity index (χ1v) is 13.8. The fourth-order valence-corrected chi connectivity index (χ4v) is 5.55. The van der Waals surface area contributed by atoms with Crippen molar-refractivity contribution in [2.45, 2.75) is 12.8 Å². The number of hydrogen-bond donors (Lipinski definition) is 2. The molecule has 206 valence electrons. The maximum Gasteiger partial charge on any atom is 0.328 e. The zero-order valence-corrected chi connectivity index (χ0v) is 22.7. The third-order valence-electron chi connectivity index (χ3n) is 6.82. The molecule has 0 unspecified atom stereocenters. The van der Waals surface area contributed by atoms with Crippen molar-refractivity contribution in [3.05, 3.63) is 71.1 Å². The third kappa shape index (κ3) is 7.58. The zero-order valence-electron chi connectivity index (χ0n) is 21.9. The maximum absolute atomic E-state index is 12.4. The summed E-state index contributed by atoms with van der Waals surface area (Å²) in [6.45, 7) is 6.81. The van der Waals surface area contributed by atoms with Gasteiger partial charge in [-0.25, -0.2) is 9.59 Å². The van der Waals surface area contributed by atoms with Crippen LogP contribution in [0.15, 0.2) is 60.0 Å². The minimum absolute atomic E-state index is 0.0997. The van der Waals surface area contributed by atoms with E-state index in [4.69, 9.17) is 14.9 Å². The Labute approximate surface area is 231 Å². The first-order chi connectivity index (χ1) is 18.8. The Morgan fingerprint density at radius 3 is 2.46 bits per heavy atom. The number of nitrogens with zero attached hydrogens (tertiary/aromatic N) is 3. The summed E-state index contributed by atoms with van der Waals surface area (Å²) in [7, 11) is 1.86. The highest BCUT2D eigenvalue weighted by Crippen LogP contribution is 2.31. The van der Waals surface area contributed by atoms with Crippen LogP contribution in [-0.4, -0.2) is 90.8 Å². The average Bonchev–Trinajstić information content (AvgIpc) is 3.42. The topological polar surface area (TPSA) is 111 Å². The summed E-state index contributed by atoms with van der Waals surface area (Å²) in [5.74, 6) is -1.61. The Morgan fingerprint density at radius 1 is 1.00 bits per heavy atom. The molecule has 3 aromatic rings. The van der Waals surface area contributed by atoms with E-state index in [0.29, 0.717) is 18.8 Å². The minimum atomic E-state index is -1.26. The summed E-state index contributed by atoms with van der Waals surface area (Å²) in [6.07, 6.45) is 3.03. The lowest BCUT2D eigenvalue weighted by atomic mass is 9.99. The van der Waals surface area contributed by atoms with Crippen molar-refractivity contribution in [2.75, 3.05) is 57.8 Å². The molecular formula is C29H33N3O6S. The van der Waals surface area contributed by atoms with Crippen LogP contribution < -0.4 is 9.64 Å². The molecule has 9 nitrogen and oxygen atoms in total. The van der Waals surface area contributed by atoms with Gasteiger partial charge in [-0.05, 0) is 54.1 Å². The van der Waals surface area contributed by atoms with E-state index in [1.807, 2.05) is 36.6 Å². The molecule has 1 aromatic heterocycles. The second kappa shape index (κ2) is 13.3. The van der Waals surface area contributed by atoms with E-state index < -0.39 is 11.9 Å². The van der Waals surface area contributed by atoms with E-state index in [1.165, 1.54) is 15.8 Å². The molecule has 2 N–H and O–H groups in total. The molecule has 2 aromatic carbocycles. The molecule has 39 heavy (non-hydrogen) atoms. The average molecular weight is 552 g/mol. The number of carboxylic acid groups (broad SMARTS) is 2. The standard InChI is InChI=1S/C25H29N3O2S.C4H4O4/c1-26-11-8-19-6-7-20(18-22(19)25(26)29)30-16-3-10-27-12-14-28(15-13-27)23-4-2-5-24-21(23)9-17-31-24;5-3(6)1-2-4(7)8/h2,4-7,9,17-18H,3,8,10-16H2,1H3;1-2H,(H,5,6)(H,7,8). The summed E-state index contributed by atoms with van der Waals surface area (Å²) >= 11 is 1.81. The van der Waals surface area contributed by atoms with Crippen LogP contribution in [0.3, 0.4) is 0 Å². The van der Waals surface area contributed by atoms with Gasteiger partial charge in [0.25, 0.3) is 5.91 Å². The van der Waals surface area contributed by atoms with Crippen LogP contribution in [0.2, 0.25) is 0 Å². The van der Waals surface area contributed by atoms with Crippen molar-refractivity contribution in [3.63, 3.8) is 0 Å². The van der Waals surface area contributed by atoms with Crippen LogP contribution in [0, 0.1) is 0 Å². The normalized spacial score (nSPS) is 15.7. The molecule has 2 aliphatic rings. The van der Waals surface area contributed by atoms with Crippen LogP contribution in [-0.2, 0) is 16.0 Å². The number of rotatable bonds is 8. The fourth-order valence-electron chi connectivity index (χ4n) is 4.74. The molecular weight excluding hydrogens is 518 g/mol. The largest absolute Gasteiger partial charge is 0.494 e. The number of thiophene rings is 1. The van der Waals surface area contributed by atoms with Gasteiger partial charge in [-0.3, -0.25) is 9.69 Å². The first kappa shape index (κ1) is 28.1. The lowest BCUT2D eigenvalue weighted by Gasteiger charge is -2.36. The highest BCUT2D eigenvalue weighted by Gasteiger charge is 2.22. The van der Waals surface area contributed by atoms with Crippen molar-refractivity contribution in [1.82, 2.24) is 9.80 Å². The summed E-state index contributed by atoms with van der Waals surface area (Å²) < 4.78 is 7.34. The quantitative estimate of drug-likeness (QED) is 0.321. The monoisotopic (exact) mass is 551 g/mol. The molecule has 1 amide bonds. The molecule has 1 fully saturated rings. The predicted octanol–water partition coefficient (Wildman–Crippen LogP) is 3.83. The SMILES string of the molecule is CN1CCc2ccc(OCCCN3CCN(c4cccc5sccc45)CC3)cc2C1=O.O=C(O)C=CC(=O)O. The van der Waals surface area contributed by atoms with E-state index in [9.17, 15) is 14.4 Å². The molecule has 0 aliphatic carbocycles. The van der Waals surface area contributed by atoms with Gasteiger partial charge in [0.05, 0.1) is 6.61 Å². The van der Waals surface area contributed by atoms with Gasteiger partial charge in [0.2, 0.25) is 0 Å². The summed E-state index contributed by atoms with van der Waals surface area (Å²) in [5.41, 5.74) is 3.30. The maximum atomic E-state index is 12.4. The van der Waals surface area contributed by atoms with Gasteiger partial charge in [0.1, 0.15) is 5.75 Å². The Balaban J connectivity index is 0.000000386. The van der Waals surface area contributed by atoms with E-state index in [-0.39, 0.29) is 5.91 Å². The minimum Gasteiger partial charge on any atom is -0.494 e. The van der Waals surface area contributed by atoms with E-state index in [1.54, 1.807) is 4.90 Å². The third-order valence-corrected chi connectivity index (χ3v) is 7.70. The number of aliphatic carboxylic acids is 2. The number of carboxylic acids is 2. The number of carbonyl (C=O) groups excluding carboxylic acids is 1. The van der Waals surface area contributed by atoms with Crippen molar-refractivity contribution in [2.24, 2.45) is 0 Å². The number of piperazine rings is 1. The smallest absolute Gasteiger partial charge is 0.328 e. The van der Waals surface area contributed by atoms with Gasteiger partial charge in [0, 0.05) is 79.8 Å². The Kier molecular flexibility index (Phi) is 9.56. The highest BCUT2D eigenvalue weighted by atomic mass is 32.1. The molecule has 1 saturated heterocycles. The highest BCUT2D eigenvalue weighted by molar-refractivity contribution is 7.17. The number of benzene rings is 2. The van der Waals surface area contributed by atoms with Crippen LogP contribution in [0.1, 0.15) is 22.3 Å². The number of likely N-dealkylation sites (N-methyl/N-ethyl adjacent to an activating group) is 1. The number of ether oxygens (including phenoxy) is 1. The van der Waals surface area contributed by atoms with E-state index in [0.717, 1.165) is 69.0 Å². The van der Waals surface area contributed by atoms with Gasteiger partial charge >= 0.3 is 11.9 Å². The molecule has 2 aliphatic heterocycles. The number of fused-ring (bicyclic) bond motifs is 2. The fraction of sp³-hybridized carbons (Fsp3) is 0.345. The summed E-state index contributed by atoms with van der Waals surface area (Å²) in [6, 6.07) is 14.8. The van der Waals surface area contributed by atoms with Crippen LogP contribution >= 0.6 is 11.3 Å². The molecule has 3 heterocycles. The van der Waals surface area contributed by atoms with Crippen LogP contribution in [0.4, 0.5) is 5.69 Å². The lowest BCUT2D eigenvalue weighted by Crippen LogP contribution is -2.46. The summed E-state index contributed by atoms with van der Waals surface area (Å²) in [5, 5.41) is 19.2. The van der Waals surface area contributed by atoms with Gasteiger partial charge in [0.15, 0.2) is 0 Å². The van der Waals surface area contributed by atoms with Gasteiger partial charge in [-0.1, -0.05) is 12.1 Å². The molecule has 0 saturated carbocycles. The zero-order chi connectivity index (χ0) is 27.8. The number of amides is 1. The summed E-state index contributed by atoms with van der Waals surface area (Å²) in [4.78, 5) is 38.3. The van der Waals surface area contributed by atoms with Gasteiger partial charge < -0.3 is 24.7 Å². The van der Waals surface area contributed by atoms with Gasteiger partial charge in [-0.15, -0.1) is 11.3 Å². The molecule has 0 spiro atoms. The molecule has 0 bridgehead atoms. The first-order valence-electron chi connectivity index (χ1n) is 12.9. The lowest BCUT2D eigenvalue weighted by molar-refractivity contribution is -0.134. The van der Waals surface area contributed by atoms with Crippen LogP contribution in [0.5, 0.6) is 5.75 Å². The number of carbonyl (C=O) groups is 3.